The summed E-state index contributed by atoms with van der Waals surface area (Å²) in [6.45, 7) is 6.11. The molecule has 0 aromatic heterocycles. The zero-order valence-electron chi connectivity index (χ0n) is 16.1. The van der Waals surface area contributed by atoms with E-state index < -0.39 is 23.9 Å². The number of halogens is 1. The summed E-state index contributed by atoms with van der Waals surface area (Å²) in [6.07, 6.45) is 0. The summed E-state index contributed by atoms with van der Waals surface area (Å²) in [5.74, 6) is -0.568. The number of carbonyl (C=O) groups excluding carboxylic acids is 2. The highest BCUT2D eigenvalue weighted by Crippen LogP contribution is 2.32. The number of nitrogens with one attached hydrogen (secondary N) is 2. The quantitative estimate of drug-likeness (QED) is 0.759. The van der Waals surface area contributed by atoms with E-state index in [0.717, 1.165) is 11.1 Å². The van der Waals surface area contributed by atoms with Gasteiger partial charge in [-0.15, -0.1) is 0 Å². The molecule has 1 aliphatic heterocycles. The van der Waals surface area contributed by atoms with E-state index >= 15 is 0 Å². The molecule has 0 radical (unpaired) electrons. The molecule has 146 valence electrons. The van der Waals surface area contributed by atoms with Gasteiger partial charge in [-0.3, -0.25) is 0 Å². The zero-order chi connectivity index (χ0) is 20.3. The molecule has 5 nitrogen and oxygen atoms in total. The van der Waals surface area contributed by atoms with Crippen LogP contribution in [0.25, 0.3) is 5.70 Å². The minimum absolute atomic E-state index is 0.200. The second-order valence-electron chi connectivity index (χ2n) is 6.87. The van der Waals surface area contributed by atoms with Crippen molar-refractivity contribution in [3.63, 3.8) is 0 Å². The fourth-order valence-corrected chi connectivity index (χ4v) is 3.16. The monoisotopic (exact) mass is 382 g/mol. The fourth-order valence-electron chi connectivity index (χ4n) is 3.16. The number of carbonyl (C=O) groups is 2. The predicted molar refractivity (Wildman–Crippen MR) is 105 cm³/mol. The van der Waals surface area contributed by atoms with Crippen LogP contribution in [0, 0.1) is 5.82 Å². The largest absolute Gasteiger partial charge is 0.463 e. The maximum absolute atomic E-state index is 13.3. The van der Waals surface area contributed by atoms with Crippen LogP contribution in [0.1, 0.15) is 49.4 Å². The van der Waals surface area contributed by atoms with E-state index in [4.69, 9.17) is 4.74 Å². The lowest BCUT2D eigenvalue weighted by atomic mass is 9.91. The molecule has 1 unspecified atom stereocenters. The third-order valence-corrected chi connectivity index (χ3v) is 4.64. The van der Waals surface area contributed by atoms with Crippen LogP contribution >= 0.6 is 0 Å². The lowest BCUT2D eigenvalue weighted by Gasteiger charge is -2.29. The molecule has 2 aromatic rings. The van der Waals surface area contributed by atoms with Crippen LogP contribution in [-0.2, 0) is 9.53 Å². The van der Waals surface area contributed by atoms with Crippen LogP contribution in [0.5, 0.6) is 0 Å². The van der Waals surface area contributed by atoms with E-state index in [0.29, 0.717) is 17.2 Å². The summed E-state index contributed by atoms with van der Waals surface area (Å²) >= 11 is 0. The highest BCUT2D eigenvalue weighted by molar-refractivity contribution is 6.04. The molecule has 0 spiro atoms. The van der Waals surface area contributed by atoms with E-state index in [2.05, 4.69) is 24.5 Å². The van der Waals surface area contributed by atoms with Crippen molar-refractivity contribution >= 4 is 17.7 Å². The summed E-state index contributed by atoms with van der Waals surface area (Å²) in [5.41, 5.74) is 3.06. The van der Waals surface area contributed by atoms with Gasteiger partial charge < -0.3 is 15.4 Å². The molecule has 1 heterocycles. The van der Waals surface area contributed by atoms with Crippen LogP contribution in [-0.4, -0.2) is 18.6 Å². The van der Waals surface area contributed by atoms with Crippen LogP contribution in [0.2, 0.25) is 0 Å². The summed E-state index contributed by atoms with van der Waals surface area (Å²) < 4.78 is 18.6. The minimum atomic E-state index is -0.672. The van der Waals surface area contributed by atoms with Gasteiger partial charge in [0.1, 0.15) is 5.82 Å². The summed E-state index contributed by atoms with van der Waals surface area (Å²) in [7, 11) is 0. The molecule has 28 heavy (non-hydrogen) atoms. The van der Waals surface area contributed by atoms with Gasteiger partial charge in [-0.05, 0) is 53.8 Å². The Labute approximate surface area is 163 Å². The number of esters is 1. The fraction of sp³-hybridized carbons (Fsp3) is 0.273. The second-order valence-corrected chi connectivity index (χ2v) is 6.87. The molecule has 3 rings (SSSR count). The Hall–Kier alpha value is -3.15. The number of amides is 2. The van der Waals surface area contributed by atoms with E-state index in [1.807, 2.05) is 24.3 Å². The molecule has 2 amide bonds. The van der Waals surface area contributed by atoms with Gasteiger partial charge in [0.2, 0.25) is 0 Å². The van der Waals surface area contributed by atoms with Crippen molar-refractivity contribution < 1.29 is 18.7 Å². The molecule has 0 bridgehead atoms. The lowest BCUT2D eigenvalue weighted by Crippen LogP contribution is -2.45. The number of hydrogen-bond acceptors (Lipinski definition) is 3. The molecule has 1 atom stereocenters. The third-order valence-electron chi connectivity index (χ3n) is 4.64. The molecule has 0 aliphatic carbocycles. The summed E-state index contributed by atoms with van der Waals surface area (Å²) in [6, 6.07) is 12.3. The van der Waals surface area contributed by atoms with Gasteiger partial charge in [0.05, 0.1) is 23.9 Å². The average Bonchev–Trinajstić information content (AvgIpc) is 2.68. The van der Waals surface area contributed by atoms with Gasteiger partial charge in [0.25, 0.3) is 0 Å². The first-order valence-electron chi connectivity index (χ1n) is 9.25. The van der Waals surface area contributed by atoms with Crippen molar-refractivity contribution in [3.05, 3.63) is 76.6 Å². The van der Waals surface area contributed by atoms with Gasteiger partial charge in [0.15, 0.2) is 0 Å². The lowest BCUT2D eigenvalue weighted by molar-refractivity contribution is -0.138. The Morgan fingerprint density at radius 3 is 2.32 bits per heavy atom. The number of rotatable bonds is 5. The van der Waals surface area contributed by atoms with Gasteiger partial charge >= 0.3 is 12.0 Å². The van der Waals surface area contributed by atoms with Crippen LogP contribution in [0.4, 0.5) is 9.18 Å². The molecule has 2 aromatic carbocycles. The van der Waals surface area contributed by atoms with E-state index in [1.165, 1.54) is 24.3 Å². The van der Waals surface area contributed by atoms with Crippen molar-refractivity contribution in [2.75, 3.05) is 6.61 Å². The summed E-state index contributed by atoms with van der Waals surface area (Å²) in [5, 5.41) is 5.48. The average molecular weight is 382 g/mol. The minimum Gasteiger partial charge on any atom is -0.463 e. The molecule has 0 fully saturated rings. The zero-order valence-corrected chi connectivity index (χ0v) is 16.1. The van der Waals surface area contributed by atoms with Crippen molar-refractivity contribution in [3.8, 4) is 0 Å². The Morgan fingerprint density at radius 1 is 1.11 bits per heavy atom. The van der Waals surface area contributed by atoms with Crippen LogP contribution in [0.3, 0.4) is 0 Å². The van der Waals surface area contributed by atoms with Gasteiger partial charge in [0, 0.05) is 0 Å². The highest BCUT2D eigenvalue weighted by atomic mass is 19.1. The molecule has 6 heteroatoms. The van der Waals surface area contributed by atoms with E-state index in [-0.39, 0.29) is 12.2 Å². The normalized spacial score (nSPS) is 16.6. The van der Waals surface area contributed by atoms with Crippen LogP contribution < -0.4 is 10.6 Å². The number of benzene rings is 2. The Balaban J connectivity index is 2.12. The predicted octanol–water partition coefficient (Wildman–Crippen LogP) is 4.28. The number of ether oxygens (including phenoxy) is 1. The molecule has 1 aliphatic rings. The van der Waals surface area contributed by atoms with Crippen LogP contribution in [0.15, 0.2) is 54.1 Å². The van der Waals surface area contributed by atoms with Crippen molar-refractivity contribution in [2.45, 2.75) is 32.7 Å². The maximum atomic E-state index is 13.3. The maximum Gasteiger partial charge on any atom is 0.338 e. The molecule has 0 saturated carbocycles. The Bertz CT molecular complexity index is 902. The SMILES string of the molecule is CCOC(=O)C1=C(c2ccc(F)cc2)NC(=O)NC1c1ccc(C(C)C)cc1. The number of urea groups is 1. The van der Waals surface area contributed by atoms with Gasteiger partial charge in [-0.1, -0.05) is 38.1 Å². The smallest absolute Gasteiger partial charge is 0.338 e. The van der Waals surface area contributed by atoms with E-state index in [9.17, 15) is 14.0 Å². The summed E-state index contributed by atoms with van der Waals surface area (Å²) in [4.78, 5) is 25.1. The first-order chi connectivity index (χ1) is 13.4. The Morgan fingerprint density at radius 2 is 1.75 bits per heavy atom. The van der Waals surface area contributed by atoms with E-state index in [1.54, 1.807) is 6.92 Å². The molecular weight excluding hydrogens is 359 g/mol. The standard InChI is InChI=1S/C22H23FN2O3/c1-4-28-21(26)18-19(15-7-5-14(6-8-15)13(2)3)24-22(27)25-20(18)16-9-11-17(23)12-10-16/h5-13,19H,4H2,1-3H3,(H2,24,25,27). The van der Waals surface area contributed by atoms with Crippen molar-refractivity contribution in [2.24, 2.45) is 0 Å². The highest BCUT2D eigenvalue weighted by Gasteiger charge is 2.34. The third kappa shape index (κ3) is 4.06. The number of hydrogen-bond donors (Lipinski definition) is 2. The van der Waals surface area contributed by atoms with Crippen molar-refractivity contribution in [1.82, 2.24) is 10.6 Å². The van der Waals surface area contributed by atoms with Crippen molar-refractivity contribution in [1.29, 1.82) is 0 Å². The molecule has 2 N–H and O–H groups in total. The molecular formula is C22H23FN2O3. The second kappa shape index (κ2) is 8.25. The first-order valence-corrected chi connectivity index (χ1v) is 9.25. The Kier molecular flexibility index (Phi) is 5.78. The topological polar surface area (TPSA) is 67.4 Å². The molecule has 0 saturated heterocycles. The van der Waals surface area contributed by atoms with Gasteiger partial charge in [-0.2, -0.15) is 0 Å². The first kappa shape index (κ1) is 19.6. The van der Waals surface area contributed by atoms with Gasteiger partial charge in [-0.25, -0.2) is 14.0 Å².